The van der Waals surface area contributed by atoms with Crippen LogP contribution in [0.1, 0.15) is 70.0 Å². The van der Waals surface area contributed by atoms with Gasteiger partial charge in [0.1, 0.15) is 11.6 Å². The molecule has 0 spiro atoms. The molecule has 0 bridgehead atoms. The summed E-state index contributed by atoms with van der Waals surface area (Å²) < 4.78 is 27.4. The van der Waals surface area contributed by atoms with Crippen molar-refractivity contribution >= 4 is 0 Å². The lowest BCUT2D eigenvalue weighted by atomic mass is 10.0. The first-order valence-electron chi connectivity index (χ1n) is 7.67. The van der Waals surface area contributed by atoms with Gasteiger partial charge in [0, 0.05) is 17.6 Å². The zero-order chi connectivity index (χ0) is 15.1. The molecule has 114 valence electrons. The molecule has 0 saturated heterocycles. The Kier molecular flexibility index (Phi) is 7.14. The number of benzene rings is 1. The Morgan fingerprint density at radius 2 is 1.75 bits per heavy atom. The second-order valence-electron chi connectivity index (χ2n) is 5.76. The molecule has 1 rings (SSSR count). The van der Waals surface area contributed by atoms with Crippen molar-refractivity contribution in [1.82, 2.24) is 5.32 Å². The summed E-state index contributed by atoms with van der Waals surface area (Å²) in [5.74, 6) is -0.673. The minimum absolute atomic E-state index is 0.175. The molecule has 1 N–H and O–H groups in total. The van der Waals surface area contributed by atoms with E-state index in [0.717, 1.165) is 6.42 Å². The van der Waals surface area contributed by atoms with Gasteiger partial charge in [-0.1, -0.05) is 32.6 Å². The lowest BCUT2D eigenvalue weighted by Crippen LogP contribution is -2.29. The summed E-state index contributed by atoms with van der Waals surface area (Å²) in [5.41, 5.74) is 0.763. The summed E-state index contributed by atoms with van der Waals surface area (Å²) in [6, 6.07) is 2.72. The Balaban J connectivity index is 2.53. The van der Waals surface area contributed by atoms with Crippen molar-refractivity contribution in [3.8, 4) is 0 Å². The van der Waals surface area contributed by atoms with Crippen molar-refractivity contribution in [2.45, 2.75) is 71.9 Å². The molecule has 1 nitrogen and oxygen atoms in total. The van der Waals surface area contributed by atoms with Crippen molar-refractivity contribution in [2.24, 2.45) is 0 Å². The summed E-state index contributed by atoms with van der Waals surface area (Å²) in [4.78, 5) is 0. The van der Waals surface area contributed by atoms with Crippen LogP contribution in [0.25, 0.3) is 0 Å². The van der Waals surface area contributed by atoms with Gasteiger partial charge >= 0.3 is 0 Å². The Hall–Kier alpha value is -0.960. The Morgan fingerprint density at radius 1 is 1.05 bits per heavy atom. The molecule has 0 aliphatic carbocycles. The monoisotopic (exact) mass is 283 g/mol. The van der Waals surface area contributed by atoms with E-state index in [1.54, 1.807) is 6.92 Å². The smallest absolute Gasteiger partial charge is 0.128 e. The summed E-state index contributed by atoms with van der Waals surface area (Å²) in [7, 11) is 0. The number of nitrogens with one attached hydrogen (secondary N) is 1. The van der Waals surface area contributed by atoms with Crippen LogP contribution >= 0.6 is 0 Å². The first-order chi connectivity index (χ1) is 9.45. The average molecular weight is 283 g/mol. The molecule has 0 aliphatic rings. The van der Waals surface area contributed by atoms with Crippen molar-refractivity contribution in [2.75, 3.05) is 0 Å². The molecule has 0 amide bonds. The van der Waals surface area contributed by atoms with Crippen LogP contribution in [0, 0.1) is 18.6 Å². The van der Waals surface area contributed by atoms with Gasteiger partial charge < -0.3 is 5.32 Å². The maximum atomic E-state index is 13.9. The topological polar surface area (TPSA) is 12.0 Å². The van der Waals surface area contributed by atoms with E-state index in [4.69, 9.17) is 0 Å². The molecule has 20 heavy (non-hydrogen) atoms. The van der Waals surface area contributed by atoms with Gasteiger partial charge in [0.05, 0.1) is 0 Å². The third-order valence-corrected chi connectivity index (χ3v) is 3.77. The minimum Gasteiger partial charge on any atom is -0.308 e. The third-order valence-electron chi connectivity index (χ3n) is 3.77. The highest BCUT2D eigenvalue weighted by atomic mass is 19.1. The number of hydrogen-bond donors (Lipinski definition) is 1. The van der Waals surface area contributed by atoms with Crippen LogP contribution < -0.4 is 5.32 Å². The highest BCUT2D eigenvalue weighted by Gasteiger charge is 2.15. The van der Waals surface area contributed by atoms with Crippen molar-refractivity contribution in [1.29, 1.82) is 0 Å². The van der Waals surface area contributed by atoms with E-state index in [-0.39, 0.29) is 17.7 Å². The lowest BCUT2D eigenvalue weighted by molar-refractivity contribution is 0.426. The van der Waals surface area contributed by atoms with Crippen LogP contribution in [0.4, 0.5) is 8.78 Å². The summed E-state index contributed by atoms with van der Waals surface area (Å²) >= 11 is 0. The first-order valence-corrected chi connectivity index (χ1v) is 7.67. The van der Waals surface area contributed by atoms with Crippen LogP contribution in [-0.2, 0) is 0 Å². The van der Waals surface area contributed by atoms with Crippen LogP contribution in [-0.4, -0.2) is 6.04 Å². The van der Waals surface area contributed by atoms with E-state index in [9.17, 15) is 8.78 Å². The zero-order valence-electron chi connectivity index (χ0n) is 13.1. The van der Waals surface area contributed by atoms with Crippen molar-refractivity contribution in [3.05, 3.63) is 34.9 Å². The third kappa shape index (κ3) is 5.20. The molecule has 0 fully saturated rings. The number of hydrogen-bond acceptors (Lipinski definition) is 1. The van der Waals surface area contributed by atoms with Gasteiger partial charge in [-0.05, 0) is 44.9 Å². The summed E-state index contributed by atoms with van der Waals surface area (Å²) in [6.45, 7) is 7.76. The highest BCUT2D eigenvalue weighted by Crippen LogP contribution is 2.21. The Bertz CT molecular complexity index is 418. The van der Waals surface area contributed by atoms with Gasteiger partial charge in [-0.3, -0.25) is 0 Å². The minimum atomic E-state index is -0.342. The molecule has 2 unspecified atom stereocenters. The Morgan fingerprint density at radius 3 is 2.40 bits per heavy atom. The molecule has 3 heteroatoms. The van der Waals surface area contributed by atoms with Gasteiger partial charge in [0.2, 0.25) is 0 Å². The molecule has 0 radical (unpaired) electrons. The fourth-order valence-electron chi connectivity index (χ4n) is 2.47. The second kappa shape index (κ2) is 8.35. The second-order valence-corrected chi connectivity index (χ2v) is 5.76. The fourth-order valence-corrected chi connectivity index (χ4v) is 2.47. The van der Waals surface area contributed by atoms with E-state index in [1.807, 2.05) is 6.92 Å². The van der Waals surface area contributed by atoms with Gasteiger partial charge in [-0.25, -0.2) is 8.78 Å². The molecule has 1 aromatic rings. The largest absolute Gasteiger partial charge is 0.308 e. The molecular formula is C17H27F2N. The number of rotatable bonds is 8. The van der Waals surface area contributed by atoms with Crippen LogP contribution in [0.15, 0.2) is 12.1 Å². The molecule has 0 aliphatic heterocycles. The average Bonchev–Trinajstić information content (AvgIpc) is 2.38. The van der Waals surface area contributed by atoms with Gasteiger partial charge in [0.25, 0.3) is 0 Å². The zero-order valence-corrected chi connectivity index (χ0v) is 13.1. The molecule has 0 heterocycles. The van der Waals surface area contributed by atoms with E-state index in [2.05, 4.69) is 19.2 Å². The van der Waals surface area contributed by atoms with Crippen LogP contribution in [0.3, 0.4) is 0 Å². The molecular weight excluding hydrogens is 256 g/mol. The summed E-state index contributed by atoms with van der Waals surface area (Å²) in [6.07, 6.45) is 5.98. The maximum absolute atomic E-state index is 13.9. The van der Waals surface area contributed by atoms with E-state index >= 15 is 0 Å². The van der Waals surface area contributed by atoms with Gasteiger partial charge in [-0.15, -0.1) is 0 Å². The van der Waals surface area contributed by atoms with Crippen LogP contribution in [0.5, 0.6) is 0 Å². The van der Waals surface area contributed by atoms with Gasteiger partial charge in [0.15, 0.2) is 0 Å². The van der Waals surface area contributed by atoms with Crippen molar-refractivity contribution < 1.29 is 8.78 Å². The standard InChI is InChI=1S/C17H27F2N/c1-5-6-7-8-9-13(3)20-14(4)15-11-16(18)12(2)10-17(15)19/h10-11,13-14,20H,5-9H2,1-4H3. The Labute approximate surface area is 121 Å². The molecule has 2 atom stereocenters. The number of unbranched alkanes of at least 4 members (excludes halogenated alkanes) is 3. The van der Waals surface area contributed by atoms with E-state index in [0.29, 0.717) is 17.2 Å². The fraction of sp³-hybridized carbons (Fsp3) is 0.647. The molecule has 0 aromatic heterocycles. The maximum Gasteiger partial charge on any atom is 0.128 e. The predicted molar refractivity (Wildman–Crippen MR) is 80.9 cm³/mol. The number of aryl methyl sites for hydroxylation is 1. The van der Waals surface area contributed by atoms with Gasteiger partial charge in [-0.2, -0.15) is 0 Å². The highest BCUT2D eigenvalue weighted by molar-refractivity contribution is 5.27. The SMILES string of the molecule is CCCCCCC(C)NC(C)c1cc(F)c(C)cc1F. The van der Waals surface area contributed by atoms with E-state index in [1.165, 1.54) is 37.8 Å². The normalized spacial score (nSPS) is 14.3. The molecule has 0 saturated carbocycles. The van der Waals surface area contributed by atoms with Crippen molar-refractivity contribution in [3.63, 3.8) is 0 Å². The number of halogens is 2. The quantitative estimate of drug-likeness (QED) is 0.640. The van der Waals surface area contributed by atoms with Crippen LogP contribution in [0.2, 0.25) is 0 Å². The molecule has 1 aromatic carbocycles. The first kappa shape index (κ1) is 17.1. The summed E-state index contributed by atoms with van der Waals surface area (Å²) in [5, 5.41) is 3.35. The lowest BCUT2D eigenvalue weighted by Gasteiger charge is -2.21. The predicted octanol–water partition coefficient (Wildman–Crippen LogP) is 5.28. The van der Waals surface area contributed by atoms with E-state index < -0.39 is 0 Å².